The molecule has 2 aromatic rings. The molecule has 4 nitrogen and oxygen atoms in total. The first-order chi connectivity index (χ1) is 9.99. The summed E-state index contributed by atoms with van der Waals surface area (Å²) in [7, 11) is 0. The largest absolute Gasteiger partial charge is 0.306 e. The lowest BCUT2D eigenvalue weighted by molar-refractivity contribution is -0.385. The minimum absolute atomic E-state index is 0.0398. The van der Waals surface area contributed by atoms with Crippen LogP contribution in [0.4, 0.5) is 5.69 Å². The fourth-order valence-electron chi connectivity index (χ4n) is 2.02. The van der Waals surface area contributed by atoms with Gasteiger partial charge >= 0.3 is 0 Å². The Hall–Kier alpha value is -1.43. The van der Waals surface area contributed by atoms with E-state index in [9.17, 15) is 10.1 Å². The molecule has 1 atom stereocenters. The molecule has 0 amide bonds. The lowest BCUT2D eigenvalue weighted by Crippen LogP contribution is -2.19. The molecule has 0 saturated heterocycles. The minimum atomic E-state index is -0.410. The molecule has 21 heavy (non-hydrogen) atoms. The maximum Gasteiger partial charge on any atom is 0.275 e. The molecule has 2 rings (SSSR count). The van der Waals surface area contributed by atoms with Gasteiger partial charge in [0.05, 0.1) is 15.5 Å². The van der Waals surface area contributed by atoms with E-state index in [1.807, 2.05) is 31.2 Å². The fourth-order valence-corrected chi connectivity index (χ4v) is 2.52. The van der Waals surface area contributed by atoms with Crippen molar-refractivity contribution in [3.8, 4) is 0 Å². The number of benzene rings is 2. The lowest BCUT2D eigenvalue weighted by Gasteiger charge is -2.15. The zero-order valence-corrected chi connectivity index (χ0v) is 13.7. The van der Waals surface area contributed by atoms with Crippen LogP contribution in [0.1, 0.15) is 24.1 Å². The van der Waals surface area contributed by atoms with Crippen LogP contribution in [0.2, 0.25) is 5.02 Å². The Kier molecular flexibility index (Phi) is 5.33. The van der Waals surface area contributed by atoms with Gasteiger partial charge in [-0.05, 0) is 30.7 Å². The van der Waals surface area contributed by atoms with E-state index in [1.165, 1.54) is 6.07 Å². The number of hydrogen-bond acceptors (Lipinski definition) is 3. The van der Waals surface area contributed by atoms with Gasteiger partial charge in [0.15, 0.2) is 0 Å². The van der Waals surface area contributed by atoms with Crippen LogP contribution < -0.4 is 5.32 Å². The molecule has 1 N–H and O–H groups in total. The number of hydrogen-bond donors (Lipinski definition) is 1. The van der Waals surface area contributed by atoms with Gasteiger partial charge in [0.25, 0.3) is 5.69 Å². The molecule has 110 valence electrons. The molecule has 2 aromatic carbocycles. The molecule has 0 aliphatic heterocycles. The van der Waals surface area contributed by atoms with Crippen molar-refractivity contribution in [2.75, 3.05) is 0 Å². The predicted molar refractivity (Wildman–Crippen MR) is 87.5 cm³/mol. The van der Waals surface area contributed by atoms with Crippen LogP contribution in [0.15, 0.2) is 46.9 Å². The Morgan fingerprint density at radius 2 is 1.95 bits per heavy atom. The second-order valence-corrected chi connectivity index (χ2v) is 5.97. The number of rotatable bonds is 5. The number of nitro groups is 1. The van der Waals surface area contributed by atoms with Crippen LogP contribution in [0, 0.1) is 10.1 Å². The van der Waals surface area contributed by atoms with Gasteiger partial charge in [0.2, 0.25) is 0 Å². The average Bonchev–Trinajstić information content (AvgIpc) is 2.46. The average molecular weight is 370 g/mol. The van der Waals surface area contributed by atoms with Crippen molar-refractivity contribution in [3.63, 3.8) is 0 Å². The first-order valence-corrected chi connectivity index (χ1v) is 7.56. The summed E-state index contributed by atoms with van der Waals surface area (Å²) in [6, 6.07) is 12.7. The van der Waals surface area contributed by atoms with E-state index in [4.69, 9.17) is 11.6 Å². The van der Waals surface area contributed by atoms with E-state index in [2.05, 4.69) is 21.2 Å². The molecule has 0 spiro atoms. The highest BCUT2D eigenvalue weighted by molar-refractivity contribution is 9.10. The maximum atomic E-state index is 11.0. The zero-order valence-electron chi connectivity index (χ0n) is 11.3. The van der Waals surface area contributed by atoms with Crippen LogP contribution in [0.3, 0.4) is 0 Å². The highest BCUT2D eigenvalue weighted by Crippen LogP contribution is 2.27. The molecular weight excluding hydrogens is 356 g/mol. The number of nitro benzene ring substituents is 1. The summed E-state index contributed by atoms with van der Waals surface area (Å²) >= 11 is 9.47. The summed E-state index contributed by atoms with van der Waals surface area (Å²) in [6.07, 6.45) is 0. The van der Waals surface area contributed by atoms with Gasteiger partial charge in [-0.15, -0.1) is 0 Å². The molecule has 0 aromatic heterocycles. The predicted octanol–water partition coefficient (Wildman–Crippen LogP) is 4.86. The van der Waals surface area contributed by atoms with Gasteiger partial charge in [-0.2, -0.15) is 0 Å². The van der Waals surface area contributed by atoms with Crippen molar-refractivity contribution in [1.82, 2.24) is 5.32 Å². The number of halogens is 2. The minimum Gasteiger partial charge on any atom is -0.306 e. The van der Waals surface area contributed by atoms with Crippen LogP contribution in [-0.4, -0.2) is 4.92 Å². The van der Waals surface area contributed by atoms with Crippen LogP contribution >= 0.6 is 27.5 Å². The van der Waals surface area contributed by atoms with Gasteiger partial charge in [-0.1, -0.05) is 45.7 Å². The highest BCUT2D eigenvalue weighted by Gasteiger charge is 2.17. The van der Waals surface area contributed by atoms with Crippen molar-refractivity contribution in [2.24, 2.45) is 0 Å². The lowest BCUT2D eigenvalue weighted by atomic mass is 10.1. The zero-order chi connectivity index (χ0) is 15.4. The second kappa shape index (κ2) is 7.02. The molecule has 0 fully saturated rings. The maximum absolute atomic E-state index is 11.0. The fraction of sp³-hybridized carbons (Fsp3) is 0.200. The Morgan fingerprint density at radius 3 is 2.57 bits per heavy atom. The van der Waals surface area contributed by atoms with Gasteiger partial charge in [-0.25, -0.2) is 0 Å². The van der Waals surface area contributed by atoms with Crippen molar-refractivity contribution in [3.05, 3.63) is 73.2 Å². The van der Waals surface area contributed by atoms with E-state index >= 15 is 0 Å². The molecule has 0 aliphatic carbocycles. The van der Waals surface area contributed by atoms with Crippen molar-refractivity contribution >= 4 is 33.2 Å². The molecule has 6 heteroatoms. The molecule has 0 aliphatic rings. The molecule has 0 bridgehead atoms. The van der Waals surface area contributed by atoms with Crippen LogP contribution in [0.25, 0.3) is 0 Å². The molecule has 0 unspecified atom stereocenters. The van der Waals surface area contributed by atoms with E-state index in [-0.39, 0.29) is 11.7 Å². The summed E-state index contributed by atoms with van der Waals surface area (Å²) in [5, 5.41) is 14.7. The Morgan fingerprint density at radius 1 is 1.29 bits per heavy atom. The van der Waals surface area contributed by atoms with Crippen molar-refractivity contribution in [2.45, 2.75) is 19.5 Å². The summed E-state index contributed by atoms with van der Waals surface area (Å²) in [4.78, 5) is 10.6. The molecule has 0 radical (unpaired) electrons. The summed E-state index contributed by atoms with van der Waals surface area (Å²) in [5.41, 5.74) is 1.65. The van der Waals surface area contributed by atoms with E-state index in [0.717, 1.165) is 10.0 Å². The van der Waals surface area contributed by atoms with Crippen LogP contribution in [0.5, 0.6) is 0 Å². The molecular formula is C15H14BrClN2O2. The van der Waals surface area contributed by atoms with Crippen molar-refractivity contribution < 1.29 is 4.92 Å². The van der Waals surface area contributed by atoms with Gasteiger partial charge in [0.1, 0.15) is 0 Å². The normalized spacial score (nSPS) is 12.1. The van der Waals surface area contributed by atoms with E-state index in [1.54, 1.807) is 12.1 Å². The number of nitrogens with zero attached hydrogens (tertiary/aromatic N) is 1. The molecule has 0 heterocycles. The van der Waals surface area contributed by atoms with Gasteiger partial charge in [-0.3, -0.25) is 10.1 Å². The first kappa shape index (κ1) is 15.9. The summed E-state index contributed by atoms with van der Waals surface area (Å²) in [5.74, 6) is 0. The first-order valence-electron chi connectivity index (χ1n) is 6.39. The van der Waals surface area contributed by atoms with E-state index < -0.39 is 4.92 Å². The summed E-state index contributed by atoms with van der Waals surface area (Å²) < 4.78 is 1.01. The monoisotopic (exact) mass is 368 g/mol. The van der Waals surface area contributed by atoms with Gasteiger partial charge < -0.3 is 5.32 Å². The third-order valence-electron chi connectivity index (χ3n) is 3.25. The quantitative estimate of drug-likeness (QED) is 0.605. The Labute approximate surface area is 136 Å². The van der Waals surface area contributed by atoms with Crippen LogP contribution in [-0.2, 0) is 6.54 Å². The third-order valence-corrected chi connectivity index (χ3v) is 4.13. The topological polar surface area (TPSA) is 55.2 Å². The second-order valence-electron chi connectivity index (χ2n) is 4.65. The smallest absolute Gasteiger partial charge is 0.275 e. The molecule has 0 saturated carbocycles. The Balaban J connectivity index is 2.13. The number of nitrogens with one attached hydrogen (secondary N) is 1. The van der Waals surface area contributed by atoms with E-state index in [0.29, 0.717) is 17.1 Å². The van der Waals surface area contributed by atoms with Crippen molar-refractivity contribution in [1.29, 1.82) is 0 Å². The summed E-state index contributed by atoms with van der Waals surface area (Å²) in [6.45, 7) is 2.35. The standard InChI is InChI=1S/C15H14BrClN2O2/c1-10(11-5-7-12(16)8-6-11)18-9-13-14(17)3-2-4-15(13)19(20)21/h2-8,10,18H,9H2,1H3/t10-/m1/s1. The SMILES string of the molecule is C[C@@H](NCc1c(Cl)cccc1[N+](=O)[O-])c1ccc(Br)cc1. The third kappa shape index (κ3) is 4.03. The van der Waals surface area contributed by atoms with Gasteiger partial charge in [0, 0.05) is 23.1 Å². The Bertz CT molecular complexity index is 647. The highest BCUT2D eigenvalue weighted by atomic mass is 79.9.